The monoisotopic (exact) mass is 760 g/mol. The van der Waals surface area contributed by atoms with E-state index in [0.29, 0.717) is 0 Å². The van der Waals surface area contributed by atoms with Crippen LogP contribution in [-0.2, 0) is 10.8 Å². The lowest BCUT2D eigenvalue weighted by molar-refractivity contribution is 0.569. The molecule has 0 aromatic heterocycles. The van der Waals surface area contributed by atoms with Crippen molar-refractivity contribution in [1.82, 2.24) is 0 Å². The Labute approximate surface area is 350 Å². The lowest BCUT2D eigenvalue weighted by atomic mass is 9.33. The van der Waals surface area contributed by atoms with Crippen LogP contribution in [0.1, 0.15) is 52.7 Å². The minimum atomic E-state index is -0.0134. The highest BCUT2D eigenvalue weighted by atomic mass is 15.2. The molecule has 0 spiro atoms. The lowest BCUT2D eigenvalue weighted by Crippen LogP contribution is -2.61. The van der Waals surface area contributed by atoms with Gasteiger partial charge in [0.05, 0.1) is 0 Å². The minimum Gasteiger partial charge on any atom is -0.311 e. The highest BCUT2D eigenvalue weighted by Crippen LogP contribution is 2.47. The summed E-state index contributed by atoms with van der Waals surface area (Å²) in [4.78, 5) is 5.04. The normalized spacial score (nSPS) is 13.2. The first kappa shape index (κ1) is 36.7. The molecule has 2 aliphatic heterocycles. The second kappa shape index (κ2) is 14.1. The summed E-state index contributed by atoms with van der Waals surface area (Å²) in [5.41, 5.74) is 21.1. The number of nitrogens with zero attached hydrogens (tertiary/aromatic N) is 2. The molecule has 0 saturated carbocycles. The molecule has 2 heterocycles. The molecular formula is C56H49BN2. The van der Waals surface area contributed by atoms with Crippen LogP contribution in [-0.4, -0.2) is 6.71 Å². The van der Waals surface area contributed by atoms with Gasteiger partial charge < -0.3 is 9.80 Å². The number of anilines is 6. The summed E-state index contributed by atoms with van der Waals surface area (Å²) >= 11 is 0. The van der Waals surface area contributed by atoms with Crippen molar-refractivity contribution in [2.45, 2.75) is 52.4 Å². The zero-order chi connectivity index (χ0) is 40.5. The summed E-state index contributed by atoms with van der Waals surface area (Å²) in [5, 5.41) is 0. The summed E-state index contributed by atoms with van der Waals surface area (Å²) in [6, 6.07) is 70.0. The molecule has 0 radical (unpaired) electrons. The molecule has 286 valence electrons. The third-order valence-corrected chi connectivity index (χ3v) is 12.3. The third-order valence-electron chi connectivity index (χ3n) is 12.3. The topological polar surface area (TPSA) is 6.48 Å². The van der Waals surface area contributed by atoms with Crippen LogP contribution < -0.4 is 26.2 Å². The van der Waals surface area contributed by atoms with Gasteiger partial charge in [0.15, 0.2) is 0 Å². The number of hydrogen-bond donors (Lipinski definition) is 0. The molecule has 0 atom stereocenters. The molecular weight excluding hydrogens is 711 g/mol. The van der Waals surface area contributed by atoms with Crippen LogP contribution >= 0.6 is 0 Å². The van der Waals surface area contributed by atoms with E-state index in [0.717, 1.165) is 11.4 Å². The van der Waals surface area contributed by atoms with Gasteiger partial charge in [0, 0.05) is 34.1 Å². The van der Waals surface area contributed by atoms with Gasteiger partial charge in [-0.1, -0.05) is 181 Å². The van der Waals surface area contributed by atoms with Gasteiger partial charge >= 0.3 is 0 Å². The molecule has 0 fully saturated rings. The Morgan fingerprint density at radius 1 is 0.322 bits per heavy atom. The average Bonchev–Trinajstić information content (AvgIpc) is 3.26. The van der Waals surface area contributed by atoms with Crippen molar-refractivity contribution < 1.29 is 0 Å². The van der Waals surface area contributed by atoms with Crippen LogP contribution in [0.25, 0.3) is 33.4 Å². The van der Waals surface area contributed by atoms with Gasteiger partial charge in [0.1, 0.15) is 0 Å². The van der Waals surface area contributed by atoms with Crippen LogP contribution in [0.5, 0.6) is 0 Å². The van der Waals surface area contributed by atoms with Crippen LogP contribution in [0.4, 0.5) is 34.1 Å². The number of para-hydroxylation sites is 2. The van der Waals surface area contributed by atoms with Crippen molar-refractivity contribution in [3.05, 3.63) is 199 Å². The van der Waals surface area contributed by atoms with E-state index in [4.69, 9.17) is 0 Å². The molecule has 2 nitrogen and oxygen atoms in total. The first-order valence-electron chi connectivity index (χ1n) is 21.0. The Morgan fingerprint density at radius 2 is 0.678 bits per heavy atom. The number of fused-ring (bicyclic) bond motifs is 4. The quantitative estimate of drug-likeness (QED) is 0.161. The molecule has 0 bridgehead atoms. The van der Waals surface area contributed by atoms with Crippen molar-refractivity contribution in [1.29, 1.82) is 0 Å². The largest absolute Gasteiger partial charge is 0.311 e. The fourth-order valence-corrected chi connectivity index (χ4v) is 9.15. The Kier molecular flexibility index (Phi) is 8.76. The first-order valence-corrected chi connectivity index (χ1v) is 21.0. The van der Waals surface area contributed by atoms with E-state index in [2.05, 4.69) is 239 Å². The number of benzene rings is 8. The molecule has 0 amide bonds. The van der Waals surface area contributed by atoms with Crippen molar-refractivity contribution in [3.63, 3.8) is 0 Å². The van der Waals surface area contributed by atoms with Gasteiger partial charge in [0.25, 0.3) is 6.71 Å². The molecule has 0 unspecified atom stereocenters. The highest BCUT2D eigenvalue weighted by molar-refractivity contribution is 7.00. The number of hydrogen-bond acceptors (Lipinski definition) is 2. The highest BCUT2D eigenvalue weighted by Gasteiger charge is 2.43. The zero-order valence-electron chi connectivity index (χ0n) is 34.9. The van der Waals surface area contributed by atoms with E-state index in [9.17, 15) is 0 Å². The van der Waals surface area contributed by atoms with E-state index in [1.54, 1.807) is 0 Å². The van der Waals surface area contributed by atoms with Crippen molar-refractivity contribution >= 4 is 57.2 Å². The first-order chi connectivity index (χ1) is 28.5. The van der Waals surface area contributed by atoms with Crippen LogP contribution in [0, 0.1) is 0 Å². The van der Waals surface area contributed by atoms with E-state index >= 15 is 0 Å². The summed E-state index contributed by atoms with van der Waals surface area (Å²) < 4.78 is 0. The molecule has 0 saturated heterocycles. The summed E-state index contributed by atoms with van der Waals surface area (Å²) in [7, 11) is 0. The van der Waals surface area contributed by atoms with Gasteiger partial charge in [-0.2, -0.15) is 0 Å². The molecule has 2 aliphatic rings. The third kappa shape index (κ3) is 6.46. The molecule has 8 aromatic rings. The van der Waals surface area contributed by atoms with Gasteiger partial charge in [-0.25, -0.2) is 0 Å². The van der Waals surface area contributed by atoms with Crippen molar-refractivity contribution in [3.8, 4) is 33.4 Å². The molecule has 0 N–H and O–H groups in total. The lowest BCUT2D eigenvalue weighted by Gasteiger charge is -2.44. The predicted molar refractivity (Wildman–Crippen MR) is 254 cm³/mol. The maximum Gasteiger partial charge on any atom is 0.252 e. The predicted octanol–water partition coefficient (Wildman–Crippen LogP) is 13.4. The van der Waals surface area contributed by atoms with Gasteiger partial charge in [-0.05, 0) is 120 Å². The average molecular weight is 761 g/mol. The fourth-order valence-electron chi connectivity index (χ4n) is 9.15. The van der Waals surface area contributed by atoms with Crippen molar-refractivity contribution in [2.75, 3.05) is 9.80 Å². The molecule has 0 aliphatic carbocycles. The van der Waals surface area contributed by atoms with Gasteiger partial charge in [-0.3, -0.25) is 0 Å². The molecule has 10 rings (SSSR count). The molecule has 59 heavy (non-hydrogen) atoms. The van der Waals surface area contributed by atoms with Crippen LogP contribution in [0.3, 0.4) is 0 Å². The Bertz CT molecular complexity index is 2640. The fraction of sp³-hybridized carbons (Fsp3) is 0.143. The van der Waals surface area contributed by atoms with Crippen LogP contribution in [0.2, 0.25) is 0 Å². The summed E-state index contributed by atoms with van der Waals surface area (Å²) in [6.07, 6.45) is 0. The Balaban J connectivity index is 1.26. The number of rotatable bonds is 5. The summed E-state index contributed by atoms with van der Waals surface area (Å²) in [6.45, 7) is 14.0. The van der Waals surface area contributed by atoms with E-state index < -0.39 is 0 Å². The molecule has 8 aromatic carbocycles. The maximum atomic E-state index is 2.52. The second-order valence-electron chi connectivity index (χ2n) is 18.3. The maximum absolute atomic E-state index is 2.52. The van der Waals surface area contributed by atoms with Crippen LogP contribution in [0.15, 0.2) is 188 Å². The second-order valence-corrected chi connectivity index (χ2v) is 18.3. The standard InChI is InChI=1S/C56H49BN2/c1-55(2,3)44-33-42(34-45(37-44)56(4,5)6)43-35-52-54-53(36-43)59(47-31-27-41(28-32-47)39-19-11-8-12-20-39)51-24-16-14-22-49(51)57(54)48-21-13-15-23-50(48)58(52)46-29-25-40(26-30-46)38-17-9-7-10-18-38/h7-37H,1-6H3. The van der Waals surface area contributed by atoms with Crippen molar-refractivity contribution in [2.24, 2.45) is 0 Å². The van der Waals surface area contributed by atoms with Gasteiger partial charge in [-0.15, -0.1) is 0 Å². The summed E-state index contributed by atoms with van der Waals surface area (Å²) in [5.74, 6) is 0. The Morgan fingerprint density at radius 3 is 1.08 bits per heavy atom. The SMILES string of the molecule is CC(C)(C)c1cc(-c2cc3c4c(c2)N(c2ccc(-c5ccccc5)cc2)c2ccccc2B4c2ccccc2N3c2ccc(-c3ccccc3)cc2)cc(C(C)(C)C)c1. The van der Waals surface area contributed by atoms with Gasteiger partial charge in [0.2, 0.25) is 0 Å². The Hall–Kier alpha value is -6.58. The van der Waals surface area contributed by atoms with E-state index in [1.807, 2.05) is 0 Å². The van der Waals surface area contributed by atoms with E-state index in [-0.39, 0.29) is 17.5 Å². The van der Waals surface area contributed by atoms with E-state index in [1.165, 1.54) is 83.6 Å². The zero-order valence-corrected chi connectivity index (χ0v) is 34.9. The minimum absolute atomic E-state index is 0.0134. The smallest absolute Gasteiger partial charge is 0.252 e. The molecule has 3 heteroatoms.